The van der Waals surface area contributed by atoms with Crippen LogP contribution in [-0.4, -0.2) is 32.6 Å². The molecule has 3 fully saturated rings. The maximum Gasteiger partial charge on any atom is 0.395 e. The Morgan fingerprint density at radius 2 is 1.86 bits per heavy atom. The summed E-state index contributed by atoms with van der Waals surface area (Å²) < 4.78 is 64.4. The summed E-state index contributed by atoms with van der Waals surface area (Å²) in [5.41, 5.74) is 5.60. The predicted octanol–water partition coefficient (Wildman–Crippen LogP) is 5.04. The number of imidazole rings is 1. The zero-order valence-corrected chi connectivity index (χ0v) is 20.0. The van der Waals surface area contributed by atoms with Crippen LogP contribution in [0.4, 0.5) is 22.0 Å². The number of halogens is 5. The number of amides is 1. The van der Waals surface area contributed by atoms with Crippen molar-refractivity contribution in [3.63, 3.8) is 0 Å². The Bertz CT molecular complexity index is 1060. The number of carbonyl (C=O) groups excluding carboxylic acids is 1. The summed E-state index contributed by atoms with van der Waals surface area (Å²) in [5.74, 6) is -2.49. The molecule has 3 aliphatic rings. The van der Waals surface area contributed by atoms with Crippen molar-refractivity contribution in [2.45, 2.75) is 89.4 Å². The molecule has 1 amide bonds. The lowest BCUT2D eigenvalue weighted by molar-refractivity contribution is -0.190. The zero-order valence-electron chi connectivity index (χ0n) is 20.0. The largest absolute Gasteiger partial charge is 0.395 e. The van der Waals surface area contributed by atoms with E-state index in [1.165, 1.54) is 6.20 Å². The molecule has 0 unspecified atom stereocenters. The van der Waals surface area contributed by atoms with E-state index in [1.807, 2.05) is 0 Å². The maximum atomic E-state index is 12.8. The zero-order chi connectivity index (χ0) is 26.4. The van der Waals surface area contributed by atoms with Gasteiger partial charge in [-0.15, -0.1) is 0 Å². The molecule has 3 saturated carbocycles. The van der Waals surface area contributed by atoms with E-state index < -0.39 is 29.8 Å². The number of aromatic nitrogens is 3. The predicted molar refractivity (Wildman–Crippen MR) is 121 cm³/mol. The van der Waals surface area contributed by atoms with Crippen molar-refractivity contribution in [3.05, 3.63) is 29.7 Å². The second-order valence-corrected chi connectivity index (χ2v) is 9.65. The van der Waals surface area contributed by atoms with Gasteiger partial charge in [0.1, 0.15) is 0 Å². The number of nitriles is 1. The monoisotopic (exact) mass is 514 g/mol. The molecule has 0 bridgehead atoms. The van der Waals surface area contributed by atoms with Crippen LogP contribution in [0.5, 0.6) is 0 Å². The van der Waals surface area contributed by atoms with Crippen molar-refractivity contribution in [1.82, 2.24) is 19.9 Å². The van der Waals surface area contributed by atoms with E-state index in [0.29, 0.717) is 35.7 Å². The van der Waals surface area contributed by atoms with Gasteiger partial charge in [0.15, 0.2) is 5.65 Å². The van der Waals surface area contributed by atoms with Crippen LogP contribution in [0.25, 0.3) is 5.65 Å². The van der Waals surface area contributed by atoms with Crippen LogP contribution in [0.1, 0.15) is 75.5 Å². The van der Waals surface area contributed by atoms with Gasteiger partial charge < -0.3 is 11.1 Å². The van der Waals surface area contributed by atoms with Gasteiger partial charge in [0, 0.05) is 38.3 Å². The van der Waals surface area contributed by atoms with Crippen molar-refractivity contribution >= 4 is 11.6 Å². The number of hydrogen-bond donors (Lipinski definition) is 2. The Labute approximate surface area is 206 Å². The Balaban J connectivity index is 0.000000225. The molecule has 5 rings (SSSR count). The first-order valence-electron chi connectivity index (χ1n) is 12.1. The number of nitrogens with one attached hydrogen (secondary N) is 1. The summed E-state index contributed by atoms with van der Waals surface area (Å²) in [6, 6.07) is 3.85. The van der Waals surface area contributed by atoms with E-state index in [0.717, 1.165) is 19.3 Å². The molecule has 36 heavy (non-hydrogen) atoms. The number of nitrogens with zero attached hydrogens (tertiary/aromatic N) is 4. The Morgan fingerprint density at radius 3 is 2.31 bits per heavy atom. The topological polar surface area (TPSA) is 109 Å². The fraction of sp³-hybridized carbons (Fsp3) is 0.667. The Hall–Kier alpha value is -2.81. The average molecular weight is 515 g/mol. The summed E-state index contributed by atoms with van der Waals surface area (Å²) >= 11 is 0. The van der Waals surface area contributed by atoms with Crippen molar-refractivity contribution < 1.29 is 26.7 Å². The first kappa shape index (κ1) is 27.8. The van der Waals surface area contributed by atoms with E-state index in [-0.39, 0.29) is 38.8 Å². The minimum Gasteiger partial charge on any atom is -0.352 e. The molecule has 0 atom stereocenters. The van der Waals surface area contributed by atoms with Gasteiger partial charge in [-0.1, -0.05) is 6.42 Å². The lowest BCUT2D eigenvalue weighted by atomic mass is 9.97. The maximum absolute atomic E-state index is 12.8. The molecule has 7 nitrogen and oxygen atoms in total. The fourth-order valence-corrected chi connectivity index (χ4v) is 3.72. The third kappa shape index (κ3) is 8.11. The molecule has 2 heterocycles. The van der Waals surface area contributed by atoms with Gasteiger partial charge in [-0.2, -0.15) is 23.5 Å². The molecule has 0 saturated heterocycles. The molecule has 0 aliphatic heterocycles. The second-order valence-electron chi connectivity index (χ2n) is 9.65. The van der Waals surface area contributed by atoms with Crippen LogP contribution < -0.4 is 11.1 Å². The third-order valence-electron chi connectivity index (χ3n) is 6.42. The van der Waals surface area contributed by atoms with E-state index in [1.54, 1.807) is 16.8 Å². The lowest BCUT2D eigenvalue weighted by Crippen LogP contribution is -2.32. The van der Waals surface area contributed by atoms with Gasteiger partial charge >= 0.3 is 6.18 Å². The molecule has 0 radical (unpaired) electrons. The summed E-state index contributed by atoms with van der Waals surface area (Å²) in [6.07, 6.45) is 3.39. The van der Waals surface area contributed by atoms with Crippen molar-refractivity contribution in [2.24, 2.45) is 17.1 Å². The molecular formula is C24H31F5N6O. The summed E-state index contributed by atoms with van der Waals surface area (Å²) in [4.78, 5) is 16.0. The van der Waals surface area contributed by atoms with Crippen LogP contribution in [0.15, 0.2) is 18.5 Å². The van der Waals surface area contributed by atoms with Crippen LogP contribution >= 0.6 is 0 Å². The molecule has 0 aromatic carbocycles. The van der Waals surface area contributed by atoms with E-state index >= 15 is 0 Å². The highest BCUT2D eigenvalue weighted by Gasteiger charge is 2.63. The third-order valence-corrected chi connectivity index (χ3v) is 6.42. The smallest absolute Gasteiger partial charge is 0.352 e. The molecule has 2 aromatic rings. The van der Waals surface area contributed by atoms with E-state index in [4.69, 9.17) is 11.0 Å². The molecule has 3 aliphatic carbocycles. The van der Waals surface area contributed by atoms with Gasteiger partial charge in [0.2, 0.25) is 11.8 Å². The molecule has 0 spiro atoms. The molecule has 198 valence electrons. The number of carbonyl (C=O) groups is 1. The molecular weight excluding hydrogens is 483 g/mol. The standard InChI is InChI=1S/C14H16F3N5O.C6H10F2.C4H5N/c15-14(16,17)13(1-2-13)4-12(23)19-6-9-3-11-21-10(5-18)8-22(11)20-7-9;7-6(8)4-2-1-3-5-6;5-3-4-1-2-4/h3,7-8H,1-2,4-6,18H2,(H,19,23);1-5H2;4H,1-2H2. The number of hydrogen-bond acceptors (Lipinski definition) is 5. The SMILES string of the molecule is FC1(F)CCCCC1.N#CC1CC1.NCc1cn2ncc(CNC(=O)CC3(C(F)(F)F)CC3)cc2n1. The highest BCUT2D eigenvalue weighted by Crippen LogP contribution is 2.59. The lowest BCUT2D eigenvalue weighted by Gasteiger charge is -2.20. The van der Waals surface area contributed by atoms with E-state index in [2.05, 4.69) is 21.5 Å². The molecule has 12 heteroatoms. The first-order chi connectivity index (χ1) is 17.0. The normalized spacial score (nSPS) is 19.7. The number of fused-ring (bicyclic) bond motifs is 1. The summed E-state index contributed by atoms with van der Waals surface area (Å²) in [6.45, 7) is 0.399. The first-order valence-corrected chi connectivity index (χ1v) is 12.1. The number of rotatable bonds is 5. The Kier molecular flexibility index (Phi) is 8.87. The van der Waals surface area contributed by atoms with Crippen LogP contribution in [0, 0.1) is 22.7 Å². The van der Waals surface area contributed by atoms with Crippen LogP contribution in [0.3, 0.4) is 0 Å². The van der Waals surface area contributed by atoms with Gasteiger partial charge in [0.25, 0.3) is 0 Å². The van der Waals surface area contributed by atoms with E-state index in [9.17, 15) is 26.7 Å². The number of alkyl halides is 5. The van der Waals surface area contributed by atoms with Crippen LogP contribution in [0.2, 0.25) is 0 Å². The van der Waals surface area contributed by atoms with Crippen molar-refractivity contribution in [2.75, 3.05) is 0 Å². The average Bonchev–Trinajstić information content (AvgIpc) is 3.75. The fourth-order valence-electron chi connectivity index (χ4n) is 3.72. The van der Waals surface area contributed by atoms with Crippen molar-refractivity contribution in [1.29, 1.82) is 5.26 Å². The highest BCUT2D eigenvalue weighted by atomic mass is 19.4. The quantitative estimate of drug-likeness (QED) is 0.543. The van der Waals surface area contributed by atoms with Crippen LogP contribution in [-0.2, 0) is 17.9 Å². The summed E-state index contributed by atoms with van der Waals surface area (Å²) in [7, 11) is 0. The Morgan fingerprint density at radius 1 is 1.19 bits per heavy atom. The molecule has 2 aromatic heterocycles. The van der Waals surface area contributed by atoms with Gasteiger partial charge in [0.05, 0.1) is 29.6 Å². The van der Waals surface area contributed by atoms with Gasteiger partial charge in [-0.3, -0.25) is 4.79 Å². The van der Waals surface area contributed by atoms with Gasteiger partial charge in [-0.25, -0.2) is 18.3 Å². The summed E-state index contributed by atoms with van der Waals surface area (Å²) in [5, 5.41) is 14.6. The molecule has 3 N–H and O–H groups in total. The number of nitrogens with two attached hydrogens (primary N) is 1. The minimum absolute atomic E-state index is 0.0212. The highest BCUT2D eigenvalue weighted by molar-refractivity contribution is 5.77. The second kappa shape index (κ2) is 11.5. The van der Waals surface area contributed by atoms with Crippen molar-refractivity contribution in [3.8, 4) is 6.07 Å². The van der Waals surface area contributed by atoms with Gasteiger partial charge in [-0.05, 0) is 50.2 Å². The minimum atomic E-state index is -4.32.